The summed E-state index contributed by atoms with van der Waals surface area (Å²) in [5.74, 6) is -0.858. The molecule has 0 atom stereocenters. The van der Waals surface area contributed by atoms with Crippen LogP contribution in [0.1, 0.15) is 15.9 Å². The van der Waals surface area contributed by atoms with Crippen LogP contribution in [0.2, 0.25) is 0 Å². The van der Waals surface area contributed by atoms with Crippen LogP contribution in [0.4, 0.5) is 0 Å². The number of hydrogen-bond donors (Lipinski definition) is 1. The van der Waals surface area contributed by atoms with Crippen LogP contribution in [-0.4, -0.2) is 42.3 Å². The van der Waals surface area contributed by atoms with Gasteiger partial charge in [-0.1, -0.05) is 18.2 Å². The average molecular weight is 221 g/mol. The zero-order valence-corrected chi connectivity index (χ0v) is 9.06. The quantitative estimate of drug-likeness (QED) is 0.833. The average Bonchev–Trinajstić information content (AvgIpc) is 2.31. The fourth-order valence-electron chi connectivity index (χ4n) is 1.87. The number of ether oxygens (including phenoxy) is 1. The molecule has 1 saturated heterocycles. The highest BCUT2D eigenvalue weighted by Crippen LogP contribution is 2.12. The van der Waals surface area contributed by atoms with Gasteiger partial charge in [0.05, 0.1) is 18.8 Å². The minimum atomic E-state index is -0.858. The van der Waals surface area contributed by atoms with Gasteiger partial charge in [0.2, 0.25) is 0 Å². The summed E-state index contributed by atoms with van der Waals surface area (Å²) in [6.45, 7) is 3.89. The Labute approximate surface area is 94.4 Å². The molecule has 0 amide bonds. The summed E-state index contributed by atoms with van der Waals surface area (Å²) >= 11 is 0. The van der Waals surface area contributed by atoms with E-state index < -0.39 is 5.97 Å². The lowest BCUT2D eigenvalue weighted by atomic mass is 10.1. The first kappa shape index (κ1) is 11.1. The maximum Gasteiger partial charge on any atom is 0.336 e. The van der Waals surface area contributed by atoms with E-state index >= 15 is 0 Å². The van der Waals surface area contributed by atoms with Crippen molar-refractivity contribution in [2.45, 2.75) is 6.54 Å². The third-order valence-corrected chi connectivity index (χ3v) is 2.75. The topological polar surface area (TPSA) is 49.8 Å². The number of nitrogens with zero attached hydrogens (tertiary/aromatic N) is 1. The molecule has 86 valence electrons. The van der Waals surface area contributed by atoms with E-state index in [1.807, 2.05) is 12.1 Å². The number of hydrogen-bond acceptors (Lipinski definition) is 3. The van der Waals surface area contributed by atoms with Gasteiger partial charge in [-0.3, -0.25) is 4.90 Å². The van der Waals surface area contributed by atoms with Gasteiger partial charge in [0.15, 0.2) is 0 Å². The molecular weight excluding hydrogens is 206 g/mol. The molecule has 0 bridgehead atoms. The van der Waals surface area contributed by atoms with Crippen molar-refractivity contribution in [1.29, 1.82) is 0 Å². The maximum absolute atomic E-state index is 11.0. The van der Waals surface area contributed by atoms with Crippen molar-refractivity contribution in [3.63, 3.8) is 0 Å². The number of aromatic carboxylic acids is 1. The maximum atomic E-state index is 11.0. The summed E-state index contributed by atoms with van der Waals surface area (Å²) in [7, 11) is 0. The molecule has 2 rings (SSSR count). The molecule has 1 aromatic rings. The van der Waals surface area contributed by atoms with Gasteiger partial charge < -0.3 is 9.84 Å². The Morgan fingerprint density at radius 2 is 2.00 bits per heavy atom. The van der Waals surface area contributed by atoms with Crippen LogP contribution < -0.4 is 0 Å². The number of benzene rings is 1. The van der Waals surface area contributed by atoms with Crippen molar-refractivity contribution in [3.05, 3.63) is 35.4 Å². The van der Waals surface area contributed by atoms with E-state index in [9.17, 15) is 4.79 Å². The largest absolute Gasteiger partial charge is 0.478 e. The lowest BCUT2D eigenvalue weighted by Gasteiger charge is -2.27. The van der Waals surface area contributed by atoms with Crippen LogP contribution in [0.5, 0.6) is 0 Å². The van der Waals surface area contributed by atoms with Gasteiger partial charge in [0, 0.05) is 19.6 Å². The van der Waals surface area contributed by atoms with Gasteiger partial charge in [-0.2, -0.15) is 0 Å². The predicted molar refractivity (Wildman–Crippen MR) is 59.5 cm³/mol. The second kappa shape index (κ2) is 5.09. The number of rotatable bonds is 3. The standard InChI is InChI=1S/C12H15NO3/c14-12(15)11-4-2-1-3-10(11)9-13-5-7-16-8-6-13/h1-4H,5-9H2,(H,14,15). The molecule has 1 aromatic carbocycles. The van der Waals surface area contributed by atoms with Crippen LogP contribution >= 0.6 is 0 Å². The molecule has 0 aliphatic carbocycles. The van der Waals surface area contributed by atoms with Crippen molar-refractivity contribution in [2.24, 2.45) is 0 Å². The van der Waals surface area contributed by atoms with Gasteiger partial charge in [0.1, 0.15) is 0 Å². The molecule has 0 spiro atoms. The van der Waals surface area contributed by atoms with Gasteiger partial charge >= 0.3 is 5.97 Å². The Morgan fingerprint density at radius 3 is 2.69 bits per heavy atom. The lowest BCUT2D eigenvalue weighted by Crippen LogP contribution is -2.36. The Balaban J connectivity index is 2.10. The SMILES string of the molecule is O=C(O)c1ccccc1CN1CCOCC1. The van der Waals surface area contributed by atoms with E-state index in [4.69, 9.17) is 9.84 Å². The monoisotopic (exact) mass is 221 g/mol. The molecule has 1 heterocycles. The summed E-state index contributed by atoms with van der Waals surface area (Å²) < 4.78 is 5.26. The van der Waals surface area contributed by atoms with E-state index in [-0.39, 0.29) is 0 Å². The Morgan fingerprint density at radius 1 is 1.31 bits per heavy atom. The first-order valence-electron chi connectivity index (χ1n) is 5.38. The Kier molecular flexibility index (Phi) is 3.54. The minimum Gasteiger partial charge on any atom is -0.478 e. The lowest BCUT2D eigenvalue weighted by molar-refractivity contribution is 0.0339. The van der Waals surface area contributed by atoms with Crippen LogP contribution in [-0.2, 0) is 11.3 Å². The van der Waals surface area contributed by atoms with Gasteiger partial charge in [-0.05, 0) is 11.6 Å². The van der Waals surface area contributed by atoms with Crippen molar-refractivity contribution >= 4 is 5.97 Å². The smallest absolute Gasteiger partial charge is 0.336 e. The summed E-state index contributed by atoms with van der Waals surface area (Å²) in [5, 5.41) is 9.05. The van der Waals surface area contributed by atoms with Crippen molar-refractivity contribution < 1.29 is 14.6 Å². The Hall–Kier alpha value is -1.39. The van der Waals surface area contributed by atoms with E-state index in [1.165, 1.54) is 0 Å². The number of carboxylic acid groups (broad SMARTS) is 1. The molecule has 1 N–H and O–H groups in total. The zero-order chi connectivity index (χ0) is 11.4. The molecule has 4 nitrogen and oxygen atoms in total. The molecule has 1 fully saturated rings. The molecule has 16 heavy (non-hydrogen) atoms. The highest BCUT2D eigenvalue weighted by Gasteiger charge is 2.14. The molecular formula is C12H15NO3. The molecule has 1 aliphatic heterocycles. The summed E-state index contributed by atoms with van der Waals surface area (Å²) in [5.41, 5.74) is 1.27. The minimum absolute atomic E-state index is 0.397. The van der Waals surface area contributed by atoms with Crippen molar-refractivity contribution in [1.82, 2.24) is 4.90 Å². The first-order chi connectivity index (χ1) is 7.77. The van der Waals surface area contributed by atoms with E-state index in [2.05, 4.69) is 4.90 Å². The fourth-order valence-corrected chi connectivity index (χ4v) is 1.87. The van der Waals surface area contributed by atoms with Gasteiger partial charge in [-0.25, -0.2) is 4.79 Å². The second-order valence-corrected chi connectivity index (χ2v) is 3.85. The summed E-state index contributed by atoms with van der Waals surface area (Å²) in [4.78, 5) is 13.2. The zero-order valence-electron chi connectivity index (χ0n) is 9.06. The molecule has 1 aliphatic rings. The van der Waals surface area contributed by atoms with Crippen LogP contribution in [0.15, 0.2) is 24.3 Å². The molecule has 0 radical (unpaired) electrons. The number of carboxylic acids is 1. The molecule has 0 aromatic heterocycles. The van der Waals surface area contributed by atoms with Crippen LogP contribution in [0.25, 0.3) is 0 Å². The van der Waals surface area contributed by atoms with Crippen molar-refractivity contribution in [2.75, 3.05) is 26.3 Å². The van der Waals surface area contributed by atoms with E-state index in [0.717, 1.165) is 31.9 Å². The summed E-state index contributed by atoms with van der Waals surface area (Å²) in [6.07, 6.45) is 0. The van der Waals surface area contributed by atoms with Crippen LogP contribution in [0, 0.1) is 0 Å². The number of carbonyl (C=O) groups is 1. The molecule has 0 saturated carbocycles. The second-order valence-electron chi connectivity index (χ2n) is 3.85. The molecule has 0 unspecified atom stereocenters. The van der Waals surface area contributed by atoms with Gasteiger partial charge in [0.25, 0.3) is 0 Å². The highest BCUT2D eigenvalue weighted by molar-refractivity contribution is 5.89. The van der Waals surface area contributed by atoms with E-state index in [0.29, 0.717) is 12.1 Å². The third-order valence-electron chi connectivity index (χ3n) is 2.75. The van der Waals surface area contributed by atoms with E-state index in [1.54, 1.807) is 12.1 Å². The highest BCUT2D eigenvalue weighted by atomic mass is 16.5. The number of morpholine rings is 1. The normalized spacial score (nSPS) is 17.2. The first-order valence-corrected chi connectivity index (χ1v) is 5.38. The Bertz CT molecular complexity index is 372. The predicted octanol–water partition coefficient (Wildman–Crippen LogP) is 1.22. The van der Waals surface area contributed by atoms with Crippen molar-refractivity contribution in [3.8, 4) is 0 Å². The van der Waals surface area contributed by atoms with Crippen LogP contribution in [0.3, 0.4) is 0 Å². The fraction of sp³-hybridized carbons (Fsp3) is 0.417. The summed E-state index contributed by atoms with van der Waals surface area (Å²) in [6, 6.07) is 7.16. The van der Waals surface area contributed by atoms with Gasteiger partial charge in [-0.15, -0.1) is 0 Å². The third kappa shape index (κ3) is 2.59. The molecule has 4 heteroatoms.